The number of benzene rings is 2. The maximum atomic E-state index is 12.9. The Bertz CT molecular complexity index is 1040. The molecule has 0 saturated heterocycles. The Labute approximate surface area is 174 Å². The number of carboxylic acid groups (broad SMARTS) is 1. The van der Waals surface area contributed by atoms with Gasteiger partial charge in [0, 0.05) is 36.5 Å². The lowest BCUT2D eigenvalue weighted by atomic mass is 10.0. The summed E-state index contributed by atoms with van der Waals surface area (Å²) in [5.74, 6) is -1.64. The molecule has 2 aromatic carbocycles. The number of amides is 2. The molecular weight excluding hydrogens is 382 g/mol. The van der Waals surface area contributed by atoms with Crippen LogP contribution < -0.4 is 10.6 Å². The predicted molar refractivity (Wildman–Crippen MR) is 114 cm³/mol. The molecule has 2 amide bonds. The first kappa shape index (κ1) is 21.0. The van der Waals surface area contributed by atoms with Crippen molar-refractivity contribution in [3.63, 3.8) is 0 Å². The van der Waals surface area contributed by atoms with Crippen LogP contribution in [0.1, 0.15) is 24.8 Å². The third-order valence-corrected chi connectivity index (χ3v) is 4.60. The van der Waals surface area contributed by atoms with Gasteiger partial charge in [0.2, 0.25) is 11.8 Å². The maximum Gasteiger partial charge on any atom is 0.303 e. The van der Waals surface area contributed by atoms with E-state index in [-0.39, 0.29) is 31.1 Å². The van der Waals surface area contributed by atoms with Crippen LogP contribution in [-0.4, -0.2) is 33.9 Å². The highest BCUT2D eigenvalue weighted by Crippen LogP contribution is 2.17. The van der Waals surface area contributed by atoms with Crippen LogP contribution in [0.25, 0.3) is 10.9 Å². The number of anilines is 1. The van der Waals surface area contributed by atoms with Crippen LogP contribution in [0.3, 0.4) is 0 Å². The smallest absolute Gasteiger partial charge is 0.303 e. The molecule has 7 heteroatoms. The van der Waals surface area contributed by atoms with Crippen LogP contribution in [0, 0.1) is 0 Å². The maximum absolute atomic E-state index is 12.9. The molecule has 0 fully saturated rings. The highest BCUT2D eigenvalue weighted by molar-refractivity contribution is 5.98. The van der Waals surface area contributed by atoms with E-state index in [2.05, 4.69) is 15.6 Å². The second kappa shape index (κ2) is 10.2. The molecule has 1 aromatic heterocycles. The van der Waals surface area contributed by atoms with Crippen molar-refractivity contribution >= 4 is 34.4 Å². The van der Waals surface area contributed by atoms with Gasteiger partial charge in [0.05, 0.1) is 5.52 Å². The van der Waals surface area contributed by atoms with E-state index < -0.39 is 12.0 Å². The minimum absolute atomic E-state index is 0.0481. The minimum atomic E-state index is -0.952. The lowest BCUT2D eigenvalue weighted by molar-refractivity contribution is -0.137. The molecule has 154 valence electrons. The number of aliphatic carboxylic acids is 1. The number of hydrogen-bond donors (Lipinski definition) is 3. The first-order valence-corrected chi connectivity index (χ1v) is 9.72. The molecule has 3 aromatic rings. The normalized spacial score (nSPS) is 11.6. The molecule has 1 atom stereocenters. The zero-order chi connectivity index (χ0) is 21.3. The Hall–Kier alpha value is -3.74. The van der Waals surface area contributed by atoms with Crippen molar-refractivity contribution < 1.29 is 19.5 Å². The summed E-state index contributed by atoms with van der Waals surface area (Å²) in [7, 11) is 0. The van der Waals surface area contributed by atoms with Gasteiger partial charge < -0.3 is 15.7 Å². The second-order valence-electron chi connectivity index (χ2n) is 6.96. The molecule has 0 unspecified atom stereocenters. The summed E-state index contributed by atoms with van der Waals surface area (Å²) < 4.78 is 0. The van der Waals surface area contributed by atoms with Gasteiger partial charge in [-0.25, -0.2) is 0 Å². The Morgan fingerprint density at radius 3 is 2.53 bits per heavy atom. The molecule has 3 rings (SSSR count). The van der Waals surface area contributed by atoms with E-state index in [4.69, 9.17) is 5.11 Å². The van der Waals surface area contributed by atoms with Crippen molar-refractivity contribution in [2.75, 3.05) is 5.32 Å². The summed E-state index contributed by atoms with van der Waals surface area (Å²) in [6, 6.07) is 17.8. The predicted octanol–water partition coefficient (Wildman–Crippen LogP) is 3.16. The Morgan fingerprint density at radius 1 is 0.967 bits per heavy atom. The van der Waals surface area contributed by atoms with Crippen molar-refractivity contribution in [3.8, 4) is 0 Å². The summed E-state index contributed by atoms with van der Waals surface area (Å²) in [6.45, 7) is 0. The third-order valence-electron chi connectivity index (χ3n) is 4.60. The molecule has 0 spiro atoms. The van der Waals surface area contributed by atoms with E-state index in [0.717, 1.165) is 16.5 Å². The highest BCUT2D eigenvalue weighted by Gasteiger charge is 2.21. The van der Waals surface area contributed by atoms with Crippen molar-refractivity contribution in [3.05, 3.63) is 72.4 Å². The van der Waals surface area contributed by atoms with E-state index in [1.54, 1.807) is 12.3 Å². The molecule has 1 heterocycles. The number of nitrogens with zero attached hydrogens (tertiary/aromatic N) is 1. The van der Waals surface area contributed by atoms with E-state index in [1.165, 1.54) is 0 Å². The average Bonchev–Trinajstić information content (AvgIpc) is 2.73. The van der Waals surface area contributed by atoms with E-state index in [9.17, 15) is 14.4 Å². The first-order chi connectivity index (χ1) is 14.5. The summed E-state index contributed by atoms with van der Waals surface area (Å²) in [5, 5.41) is 15.2. The fourth-order valence-electron chi connectivity index (χ4n) is 3.11. The number of fused-ring (bicyclic) bond motifs is 1. The van der Waals surface area contributed by atoms with Crippen molar-refractivity contribution in [1.29, 1.82) is 0 Å². The summed E-state index contributed by atoms with van der Waals surface area (Å²) in [4.78, 5) is 40.1. The van der Waals surface area contributed by atoms with Crippen LogP contribution >= 0.6 is 0 Å². The molecule has 0 radical (unpaired) electrons. The summed E-state index contributed by atoms with van der Waals surface area (Å²) >= 11 is 0. The van der Waals surface area contributed by atoms with Crippen LogP contribution in [0.5, 0.6) is 0 Å². The van der Waals surface area contributed by atoms with Crippen LogP contribution in [0.15, 0.2) is 66.9 Å². The second-order valence-corrected chi connectivity index (χ2v) is 6.96. The van der Waals surface area contributed by atoms with Gasteiger partial charge in [-0.2, -0.15) is 0 Å². The fourth-order valence-corrected chi connectivity index (χ4v) is 3.11. The Kier molecular flexibility index (Phi) is 7.10. The quantitative estimate of drug-likeness (QED) is 0.507. The molecule has 30 heavy (non-hydrogen) atoms. The van der Waals surface area contributed by atoms with Gasteiger partial charge in [0.25, 0.3) is 0 Å². The van der Waals surface area contributed by atoms with Crippen LogP contribution in [0.2, 0.25) is 0 Å². The number of carboxylic acids is 1. The standard InChI is InChI=1S/C23H23N3O4/c27-21(9-4-10-22(28)29)26-20(14-16-6-2-1-3-7-16)23(30)25-18-11-12-19-17(15-18)8-5-13-24-19/h1-3,5-8,11-13,15,20H,4,9-10,14H2,(H,25,30)(H,26,27)(H,28,29)/t20-/m0/s1. The topological polar surface area (TPSA) is 108 Å². The van der Waals surface area contributed by atoms with Gasteiger partial charge in [0.15, 0.2) is 0 Å². The molecular formula is C23H23N3O4. The molecule has 0 aliphatic heterocycles. The Balaban J connectivity index is 1.71. The molecule has 0 saturated carbocycles. The molecule has 0 aliphatic rings. The molecule has 0 aliphatic carbocycles. The lowest BCUT2D eigenvalue weighted by Crippen LogP contribution is -2.45. The molecule has 3 N–H and O–H groups in total. The Morgan fingerprint density at radius 2 is 1.77 bits per heavy atom. The summed E-state index contributed by atoms with van der Waals surface area (Å²) in [5.41, 5.74) is 2.34. The molecule has 0 bridgehead atoms. The average molecular weight is 405 g/mol. The van der Waals surface area contributed by atoms with Crippen molar-refractivity contribution in [1.82, 2.24) is 10.3 Å². The molecule has 7 nitrogen and oxygen atoms in total. The minimum Gasteiger partial charge on any atom is -0.481 e. The van der Waals surface area contributed by atoms with Gasteiger partial charge in [-0.3, -0.25) is 19.4 Å². The zero-order valence-electron chi connectivity index (χ0n) is 16.4. The highest BCUT2D eigenvalue weighted by atomic mass is 16.4. The first-order valence-electron chi connectivity index (χ1n) is 9.72. The van der Waals surface area contributed by atoms with Gasteiger partial charge in [-0.05, 0) is 36.2 Å². The van der Waals surface area contributed by atoms with Gasteiger partial charge in [-0.15, -0.1) is 0 Å². The number of nitrogens with one attached hydrogen (secondary N) is 2. The number of carbonyl (C=O) groups excluding carboxylic acids is 2. The van der Waals surface area contributed by atoms with Crippen LogP contribution in [-0.2, 0) is 20.8 Å². The van der Waals surface area contributed by atoms with E-state index in [0.29, 0.717) is 12.1 Å². The van der Waals surface area contributed by atoms with E-state index >= 15 is 0 Å². The number of pyridine rings is 1. The number of hydrogen-bond acceptors (Lipinski definition) is 4. The largest absolute Gasteiger partial charge is 0.481 e. The number of aromatic nitrogens is 1. The summed E-state index contributed by atoms with van der Waals surface area (Å²) in [6.07, 6.45) is 2.21. The fraction of sp³-hybridized carbons (Fsp3) is 0.217. The number of rotatable bonds is 9. The van der Waals surface area contributed by atoms with Gasteiger partial charge >= 0.3 is 5.97 Å². The van der Waals surface area contributed by atoms with E-state index in [1.807, 2.05) is 54.6 Å². The van der Waals surface area contributed by atoms with Crippen molar-refractivity contribution in [2.24, 2.45) is 0 Å². The van der Waals surface area contributed by atoms with Crippen molar-refractivity contribution in [2.45, 2.75) is 31.7 Å². The van der Waals surface area contributed by atoms with Gasteiger partial charge in [-0.1, -0.05) is 36.4 Å². The zero-order valence-corrected chi connectivity index (χ0v) is 16.4. The van der Waals surface area contributed by atoms with Crippen LogP contribution in [0.4, 0.5) is 5.69 Å². The third kappa shape index (κ3) is 6.13. The van der Waals surface area contributed by atoms with Gasteiger partial charge in [0.1, 0.15) is 6.04 Å². The number of carbonyl (C=O) groups is 3. The monoisotopic (exact) mass is 405 g/mol. The SMILES string of the molecule is O=C(O)CCCC(=O)N[C@@H](Cc1ccccc1)C(=O)Nc1ccc2ncccc2c1. The lowest BCUT2D eigenvalue weighted by Gasteiger charge is -2.19.